The zero-order valence-corrected chi connectivity index (χ0v) is 13.8. The SMILES string of the molecule is CC(=O)c1nnn2c1Cc1c(Br)ncn1-c1ccc(Cl)cc1-2. The highest BCUT2D eigenvalue weighted by Gasteiger charge is 2.26. The Bertz CT molecular complexity index is 929. The van der Waals surface area contributed by atoms with Gasteiger partial charge in [-0.25, -0.2) is 9.67 Å². The number of carbonyl (C=O) groups excluding carboxylic acids is 1. The van der Waals surface area contributed by atoms with E-state index >= 15 is 0 Å². The van der Waals surface area contributed by atoms with Crippen LogP contribution < -0.4 is 0 Å². The van der Waals surface area contributed by atoms with Gasteiger partial charge in [-0.1, -0.05) is 16.8 Å². The van der Waals surface area contributed by atoms with Gasteiger partial charge in [-0.15, -0.1) is 5.10 Å². The molecule has 1 aliphatic heterocycles. The quantitative estimate of drug-likeness (QED) is 0.478. The minimum absolute atomic E-state index is 0.117. The molecule has 2 aromatic heterocycles. The van der Waals surface area contributed by atoms with Crippen molar-refractivity contribution in [1.29, 1.82) is 0 Å². The molecule has 0 aliphatic carbocycles. The third kappa shape index (κ3) is 1.85. The first-order valence-electron chi connectivity index (χ1n) is 6.54. The number of rotatable bonds is 1. The van der Waals surface area contributed by atoms with E-state index in [0.717, 1.165) is 27.4 Å². The normalized spacial score (nSPS) is 12.3. The van der Waals surface area contributed by atoms with Crippen molar-refractivity contribution >= 4 is 33.3 Å². The Morgan fingerprint density at radius 1 is 1.32 bits per heavy atom. The van der Waals surface area contributed by atoms with Crippen LogP contribution in [0.4, 0.5) is 0 Å². The second-order valence-electron chi connectivity index (χ2n) is 5.01. The van der Waals surface area contributed by atoms with Gasteiger partial charge in [0.05, 0.1) is 22.8 Å². The molecule has 0 bridgehead atoms. The number of nitrogens with zero attached hydrogens (tertiary/aromatic N) is 5. The predicted octanol–water partition coefficient (Wildman–Crippen LogP) is 2.98. The van der Waals surface area contributed by atoms with Gasteiger partial charge in [0.2, 0.25) is 0 Å². The Kier molecular flexibility index (Phi) is 2.95. The minimum atomic E-state index is -0.117. The summed E-state index contributed by atoms with van der Waals surface area (Å²) in [6.45, 7) is 1.49. The highest BCUT2D eigenvalue weighted by molar-refractivity contribution is 9.10. The van der Waals surface area contributed by atoms with Gasteiger partial charge in [-0.3, -0.25) is 9.36 Å². The van der Waals surface area contributed by atoms with Crippen LogP contribution in [0, 0.1) is 0 Å². The molecule has 110 valence electrons. The fourth-order valence-electron chi connectivity index (χ4n) is 2.67. The van der Waals surface area contributed by atoms with Crippen LogP contribution in [0.25, 0.3) is 11.4 Å². The molecule has 0 radical (unpaired) electrons. The number of carbonyl (C=O) groups is 1. The fourth-order valence-corrected chi connectivity index (χ4v) is 3.26. The molecule has 0 spiro atoms. The molecule has 0 atom stereocenters. The number of imidazole rings is 1. The lowest BCUT2D eigenvalue weighted by Gasteiger charge is -2.09. The van der Waals surface area contributed by atoms with Crippen molar-refractivity contribution in [2.75, 3.05) is 0 Å². The average molecular weight is 379 g/mol. The third-order valence-corrected chi connectivity index (χ3v) is 4.57. The standard InChI is InChI=1S/C14H9BrClN5O/c1-7(22)13-11-5-12-14(15)17-6-20(12)9-3-2-8(16)4-10(9)21(11)19-18-13/h2-4,6H,5H2,1H3. The average Bonchev–Trinajstić information content (AvgIpc) is 3.02. The minimum Gasteiger partial charge on any atom is -0.299 e. The first-order valence-corrected chi connectivity index (χ1v) is 7.71. The van der Waals surface area contributed by atoms with Crippen LogP contribution in [0.3, 0.4) is 0 Å². The van der Waals surface area contributed by atoms with E-state index in [1.165, 1.54) is 6.92 Å². The highest BCUT2D eigenvalue weighted by atomic mass is 79.9. The molecule has 1 aromatic carbocycles. The van der Waals surface area contributed by atoms with E-state index in [1.807, 2.05) is 22.8 Å². The summed E-state index contributed by atoms with van der Waals surface area (Å²) >= 11 is 9.60. The summed E-state index contributed by atoms with van der Waals surface area (Å²) < 4.78 is 4.38. The van der Waals surface area contributed by atoms with Crippen molar-refractivity contribution in [1.82, 2.24) is 24.5 Å². The zero-order valence-electron chi connectivity index (χ0n) is 11.4. The van der Waals surface area contributed by atoms with Crippen molar-refractivity contribution in [2.24, 2.45) is 0 Å². The molecule has 4 rings (SSSR count). The summed E-state index contributed by atoms with van der Waals surface area (Å²) in [6.07, 6.45) is 2.23. The van der Waals surface area contributed by atoms with Gasteiger partial charge in [0.15, 0.2) is 11.5 Å². The Labute approximate surface area is 138 Å². The number of hydrogen-bond acceptors (Lipinski definition) is 4. The van der Waals surface area contributed by atoms with Gasteiger partial charge in [0.25, 0.3) is 0 Å². The van der Waals surface area contributed by atoms with Gasteiger partial charge in [-0.05, 0) is 34.1 Å². The summed E-state index contributed by atoms with van der Waals surface area (Å²) in [4.78, 5) is 16.1. The largest absolute Gasteiger partial charge is 0.299 e. The smallest absolute Gasteiger partial charge is 0.181 e. The van der Waals surface area contributed by atoms with Crippen molar-refractivity contribution in [3.05, 3.63) is 51.2 Å². The Morgan fingerprint density at radius 2 is 2.14 bits per heavy atom. The van der Waals surface area contributed by atoms with Crippen LogP contribution in [0.2, 0.25) is 5.02 Å². The van der Waals surface area contributed by atoms with E-state index in [1.54, 1.807) is 11.0 Å². The van der Waals surface area contributed by atoms with Gasteiger partial charge < -0.3 is 0 Å². The van der Waals surface area contributed by atoms with Gasteiger partial charge in [-0.2, -0.15) is 0 Å². The maximum atomic E-state index is 11.8. The van der Waals surface area contributed by atoms with Gasteiger partial charge in [0.1, 0.15) is 10.9 Å². The molecular formula is C14H9BrClN5O. The summed E-state index contributed by atoms with van der Waals surface area (Å²) in [6, 6.07) is 5.52. The number of Topliss-reactive ketones (excluding diaryl/α,β-unsaturated/α-hetero) is 1. The second-order valence-corrected chi connectivity index (χ2v) is 6.20. The summed E-state index contributed by atoms with van der Waals surface area (Å²) in [5, 5.41) is 8.77. The number of hydrogen-bond donors (Lipinski definition) is 0. The number of ketones is 1. The highest BCUT2D eigenvalue weighted by Crippen LogP contribution is 2.32. The molecule has 6 nitrogen and oxygen atoms in total. The zero-order chi connectivity index (χ0) is 15.4. The summed E-state index contributed by atoms with van der Waals surface area (Å²) in [5.74, 6) is -0.117. The second kappa shape index (κ2) is 4.76. The molecule has 0 fully saturated rings. The third-order valence-electron chi connectivity index (χ3n) is 3.67. The number of aromatic nitrogens is 5. The summed E-state index contributed by atoms with van der Waals surface area (Å²) in [7, 11) is 0. The molecule has 3 aromatic rings. The number of halogens is 2. The van der Waals surface area contributed by atoms with Crippen LogP contribution in [-0.4, -0.2) is 30.3 Å². The van der Waals surface area contributed by atoms with E-state index in [9.17, 15) is 4.79 Å². The van der Waals surface area contributed by atoms with Gasteiger partial charge in [0, 0.05) is 18.4 Å². The lowest BCUT2D eigenvalue weighted by atomic mass is 10.1. The van der Waals surface area contributed by atoms with Gasteiger partial charge >= 0.3 is 0 Å². The lowest BCUT2D eigenvalue weighted by molar-refractivity contribution is 0.101. The van der Waals surface area contributed by atoms with Crippen LogP contribution >= 0.6 is 27.5 Å². The molecular weight excluding hydrogens is 370 g/mol. The molecule has 3 heterocycles. The van der Waals surface area contributed by atoms with Crippen LogP contribution in [0.15, 0.2) is 29.1 Å². The number of fused-ring (bicyclic) bond motifs is 5. The fraction of sp³-hybridized carbons (Fsp3) is 0.143. The summed E-state index contributed by atoms with van der Waals surface area (Å²) in [5.41, 5.74) is 3.69. The molecule has 0 saturated heterocycles. The van der Waals surface area contributed by atoms with Crippen molar-refractivity contribution in [3.8, 4) is 11.4 Å². The van der Waals surface area contributed by atoms with E-state index in [2.05, 4.69) is 31.2 Å². The monoisotopic (exact) mass is 377 g/mol. The topological polar surface area (TPSA) is 65.6 Å². The first-order chi connectivity index (χ1) is 10.6. The first kappa shape index (κ1) is 13.7. The Hall–Kier alpha value is -1.99. The van der Waals surface area contributed by atoms with Crippen molar-refractivity contribution < 1.29 is 4.79 Å². The van der Waals surface area contributed by atoms with E-state index < -0.39 is 0 Å². The molecule has 0 saturated carbocycles. The molecule has 8 heteroatoms. The lowest BCUT2D eigenvalue weighted by Crippen LogP contribution is -2.05. The maximum Gasteiger partial charge on any atom is 0.181 e. The van der Waals surface area contributed by atoms with Crippen LogP contribution in [-0.2, 0) is 6.42 Å². The van der Waals surface area contributed by atoms with Crippen molar-refractivity contribution in [3.63, 3.8) is 0 Å². The van der Waals surface area contributed by atoms with Crippen molar-refractivity contribution in [2.45, 2.75) is 13.3 Å². The van der Waals surface area contributed by atoms with E-state index in [-0.39, 0.29) is 5.78 Å². The Morgan fingerprint density at radius 3 is 2.91 bits per heavy atom. The Balaban J connectivity index is 2.11. The molecule has 1 aliphatic rings. The van der Waals surface area contributed by atoms with E-state index in [0.29, 0.717) is 17.1 Å². The maximum absolute atomic E-state index is 11.8. The van der Waals surface area contributed by atoms with Crippen LogP contribution in [0.1, 0.15) is 28.8 Å². The van der Waals surface area contributed by atoms with E-state index in [4.69, 9.17) is 11.6 Å². The number of benzene rings is 1. The molecule has 22 heavy (non-hydrogen) atoms. The molecule has 0 N–H and O–H groups in total. The molecule has 0 unspecified atom stereocenters. The van der Waals surface area contributed by atoms with Crippen LogP contribution in [0.5, 0.6) is 0 Å². The molecule has 0 amide bonds. The predicted molar refractivity (Wildman–Crippen MR) is 84.0 cm³/mol.